The minimum atomic E-state index is -0.933. The molecule has 1 aromatic rings. The maximum Gasteiger partial charge on any atom is 0.314 e. The average Bonchev–Trinajstić information content (AvgIpc) is 2.70. The summed E-state index contributed by atoms with van der Waals surface area (Å²) >= 11 is 0. The van der Waals surface area contributed by atoms with E-state index < -0.39 is 5.97 Å². The molecule has 0 aromatic carbocycles. The van der Waals surface area contributed by atoms with Crippen LogP contribution in [0.1, 0.15) is 12.1 Å². The van der Waals surface area contributed by atoms with Crippen molar-refractivity contribution < 1.29 is 14.7 Å². The topological polar surface area (TPSA) is 107 Å². The molecular formula is C9H14N4O3. The van der Waals surface area contributed by atoms with Crippen LogP contribution in [0.3, 0.4) is 0 Å². The fourth-order valence-corrected chi connectivity index (χ4v) is 1.08. The maximum atomic E-state index is 11.1. The summed E-state index contributed by atoms with van der Waals surface area (Å²) in [4.78, 5) is 28.0. The molecule has 0 radical (unpaired) electrons. The second-order valence-electron chi connectivity index (χ2n) is 3.15. The number of carboxylic acids is 1. The number of carbonyl (C=O) groups is 2. The van der Waals surface area contributed by atoms with Crippen molar-refractivity contribution in [3.05, 3.63) is 18.2 Å². The molecule has 88 valence electrons. The molecule has 0 atom stereocenters. The number of nitrogens with zero attached hydrogens (tertiary/aromatic N) is 1. The molecule has 7 heteroatoms. The van der Waals surface area contributed by atoms with Crippen molar-refractivity contribution in [2.45, 2.75) is 12.8 Å². The van der Waals surface area contributed by atoms with E-state index in [2.05, 4.69) is 20.6 Å². The Kier molecular flexibility index (Phi) is 4.84. The Labute approximate surface area is 92.3 Å². The van der Waals surface area contributed by atoms with Crippen molar-refractivity contribution in [1.29, 1.82) is 0 Å². The first-order valence-electron chi connectivity index (χ1n) is 4.89. The smallest absolute Gasteiger partial charge is 0.314 e. The van der Waals surface area contributed by atoms with Crippen molar-refractivity contribution in [2.24, 2.45) is 0 Å². The molecule has 1 aromatic heterocycles. The molecule has 1 rings (SSSR count). The molecule has 2 amide bonds. The number of H-pyrrole nitrogens is 1. The number of aliphatic carboxylic acids is 1. The van der Waals surface area contributed by atoms with Gasteiger partial charge in [-0.25, -0.2) is 9.78 Å². The monoisotopic (exact) mass is 226 g/mol. The Morgan fingerprint density at radius 3 is 2.75 bits per heavy atom. The van der Waals surface area contributed by atoms with Crippen LogP contribution >= 0.6 is 0 Å². The van der Waals surface area contributed by atoms with Crippen molar-refractivity contribution in [3.63, 3.8) is 0 Å². The molecule has 0 spiro atoms. The van der Waals surface area contributed by atoms with Gasteiger partial charge in [-0.3, -0.25) is 4.79 Å². The van der Waals surface area contributed by atoms with Crippen LogP contribution in [-0.2, 0) is 11.2 Å². The standard InChI is InChI=1S/C9H14N4O3/c14-8(15)2-4-12-9(16)11-3-1-7-5-10-6-13-7/h5-6H,1-4H2,(H,10,13)(H,14,15)(H2,11,12,16). The normalized spacial score (nSPS) is 9.75. The van der Waals surface area contributed by atoms with Crippen LogP contribution in [-0.4, -0.2) is 40.2 Å². The van der Waals surface area contributed by atoms with Crippen LogP contribution in [0.4, 0.5) is 4.79 Å². The van der Waals surface area contributed by atoms with E-state index in [4.69, 9.17) is 5.11 Å². The highest BCUT2D eigenvalue weighted by Crippen LogP contribution is 1.90. The molecule has 16 heavy (non-hydrogen) atoms. The van der Waals surface area contributed by atoms with Crippen molar-refractivity contribution in [2.75, 3.05) is 13.1 Å². The molecule has 0 fully saturated rings. The summed E-state index contributed by atoms with van der Waals surface area (Å²) in [6.45, 7) is 0.603. The van der Waals surface area contributed by atoms with Crippen LogP contribution in [0.15, 0.2) is 12.5 Å². The molecule has 0 saturated carbocycles. The lowest BCUT2D eigenvalue weighted by atomic mass is 10.3. The molecule has 0 saturated heterocycles. The first-order chi connectivity index (χ1) is 7.68. The highest BCUT2D eigenvalue weighted by Gasteiger charge is 2.01. The molecule has 0 aliphatic heterocycles. The third-order valence-electron chi connectivity index (χ3n) is 1.86. The number of urea groups is 1. The molecular weight excluding hydrogens is 212 g/mol. The third-order valence-corrected chi connectivity index (χ3v) is 1.86. The van der Waals surface area contributed by atoms with Crippen molar-refractivity contribution in [1.82, 2.24) is 20.6 Å². The van der Waals surface area contributed by atoms with Crippen LogP contribution < -0.4 is 10.6 Å². The Bertz CT molecular complexity index is 337. The van der Waals surface area contributed by atoms with E-state index in [1.54, 1.807) is 12.5 Å². The zero-order chi connectivity index (χ0) is 11.8. The Hall–Kier alpha value is -2.05. The summed E-state index contributed by atoms with van der Waals surface area (Å²) < 4.78 is 0. The van der Waals surface area contributed by atoms with Gasteiger partial charge in [0, 0.05) is 31.4 Å². The number of aromatic amines is 1. The lowest BCUT2D eigenvalue weighted by molar-refractivity contribution is -0.136. The second kappa shape index (κ2) is 6.44. The summed E-state index contributed by atoms with van der Waals surface area (Å²) in [5.74, 6) is -0.933. The van der Waals surface area contributed by atoms with E-state index in [9.17, 15) is 9.59 Å². The Morgan fingerprint density at radius 1 is 1.38 bits per heavy atom. The van der Waals surface area contributed by atoms with Gasteiger partial charge in [0.15, 0.2) is 0 Å². The largest absolute Gasteiger partial charge is 0.481 e. The van der Waals surface area contributed by atoms with Gasteiger partial charge in [0.1, 0.15) is 0 Å². The number of carboxylic acid groups (broad SMARTS) is 1. The Morgan fingerprint density at radius 2 is 2.12 bits per heavy atom. The summed E-state index contributed by atoms with van der Waals surface area (Å²) in [7, 11) is 0. The number of aromatic nitrogens is 2. The number of hydrogen-bond acceptors (Lipinski definition) is 3. The zero-order valence-corrected chi connectivity index (χ0v) is 8.69. The van der Waals surface area contributed by atoms with E-state index in [1.807, 2.05) is 0 Å². The fraction of sp³-hybridized carbons (Fsp3) is 0.444. The van der Waals surface area contributed by atoms with E-state index in [0.29, 0.717) is 13.0 Å². The lowest BCUT2D eigenvalue weighted by Crippen LogP contribution is -2.37. The molecule has 0 bridgehead atoms. The molecule has 0 aliphatic rings. The van der Waals surface area contributed by atoms with Gasteiger partial charge in [-0.05, 0) is 0 Å². The number of amides is 2. The molecule has 0 aliphatic carbocycles. The van der Waals surface area contributed by atoms with Crippen molar-refractivity contribution in [3.8, 4) is 0 Å². The summed E-state index contributed by atoms with van der Waals surface area (Å²) in [6, 6.07) is -0.360. The van der Waals surface area contributed by atoms with Gasteiger partial charge in [-0.15, -0.1) is 0 Å². The number of imidazole rings is 1. The molecule has 7 nitrogen and oxygen atoms in total. The molecule has 1 heterocycles. The highest BCUT2D eigenvalue weighted by atomic mass is 16.4. The van der Waals surface area contributed by atoms with E-state index in [1.165, 1.54) is 0 Å². The summed E-state index contributed by atoms with van der Waals surface area (Å²) in [6.07, 6.45) is 3.84. The molecule has 4 N–H and O–H groups in total. The number of carbonyl (C=O) groups excluding carboxylic acids is 1. The SMILES string of the molecule is O=C(O)CCNC(=O)NCCc1cnc[nH]1. The van der Waals surface area contributed by atoms with Crippen LogP contribution in [0.25, 0.3) is 0 Å². The zero-order valence-electron chi connectivity index (χ0n) is 8.69. The summed E-state index contributed by atoms with van der Waals surface area (Å²) in [5.41, 5.74) is 0.936. The minimum absolute atomic E-state index is 0.0754. The predicted octanol–water partition coefficient (Wildman–Crippen LogP) is -0.274. The van der Waals surface area contributed by atoms with Gasteiger partial charge in [0.05, 0.1) is 12.7 Å². The van der Waals surface area contributed by atoms with Gasteiger partial charge in [0.2, 0.25) is 0 Å². The Balaban J connectivity index is 2.04. The maximum absolute atomic E-state index is 11.1. The fourth-order valence-electron chi connectivity index (χ4n) is 1.08. The highest BCUT2D eigenvalue weighted by molar-refractivity contribution is 5.74. The second-order valence-corrected chi connectivity index (χ2v) is 3.15. The number of rotatable bonds is 6. The van der Waals surface area contributed by atoms with E-state index in [-0.39, 0.29) is 19.0 Å². The number of hydrogen-bond donors (Lipinski definition) is 4. The minimum Gasteiger partial charge on any atom is -0.481 e. The van der Waals surface area contributed by atoms with Crippen LogP contribution in [0.5, 0.6) is 0 Å². The third kappa shape index (κ3) is 4.99. The van der Waals surface area contributed by atoms with Gasteiger partial charge in [-0.2, -0.15) is 0 Å². The number of nitrogens with one attached hydrogen (secondary N) is 3. The van der Waals surface area contributed by atoms with Gasteiger partial charge in [0.25, 0.3) is 0 Å². The van der Waals surface area contributed by atoms with Gasteiger partial charge >= 0.3 is 12.0 Å². The predicted molar refractivity (Wildman–Crippen MR) is 55.9 cm³/mol. The first-order valence-corrected chi connectivity index (χ1v) is 4.89. The van der Waals surface area contributed by atoms with Gasteiger partial charge < -0.3 is 20.7 Å². The molecule has 0 unspecified atom stereocenters. The van der Waals surface area contributed by atoms with Crippen molar-refractivity contribution >= 4 is 12.0 Å². The van der Waals surface area contributed by atoms with Gasteiger partial charge in [-0.1, -0.05) is 0 Å². The first kappa shape index (κ1) is 12.0. The average molecular weight is 226 g/mol. The quantitative estimate of drug-likeness (QED) is 0.535. The van der Waals surface area contributed by atoms with Crippen LogP contribution in [0, 0.1) is 0 Å². The lowest BCUT2D eigenvalue weighted by Gasteiger charge is -2.05. The van der Waals surface area contributed by atoms with E-state index in [0.717, 1.165) is 5.69 Å². The van der Waals surface area contributed by atoms with Crippen LogP contribution in [0.2, 0.25) is 0 Å². The van der Waals surface area contributed by atoms with E-state index >= 15 is 0 Å². The summed E-state index contributed by atoms with van der Waals surface area (Å²) in [5, 5.41) is 13.4.